The van der Waals surface area contributed by atoms with Gasteiger partial charge in [0.1, 0.15) is 11.5 Å². The first-order valence-electron chi connectivity index (χ1n) is 8.18. The number of oxime groups is 1. The van der Waals surface area contributed by atoms with Gasteiger partial charge in [-0.1, -0.05) is 17.3 Å². The second-order valence-electron chi connectivity index (χ2n) is 5.85. The summed E-state index contributed by atoms with van der Waals surface area (Å²) in [6.07, 6.45) is -1.66. The first-order chi connectivity index (χ1) is 13.5. The predicted octanol–water partition coefficient (Wildman–Crippen LogP) is 4.22. The van der Waals surface area contributed by atoms with Gasteiger partial charge < -0.3 is 14.3 Å². The molecule has 0 bridgehead atoms. The van der Waals surface area contributed by atoms with E-state index in [0.717, 1.165) is 5.69 Å². The molecular formula is C18H13F3N4O3. The highest BCUT2D eigenvalue weighted by Crippen LogP contribution is 2.31. The normalized spacial score (nSPS) is 16.4. The summed E-state index contributed by atoms with van der Waals surface area (Å²) in [4.78, 5) is 9.59. The maximum atomic E-state index is 12.2. The second-order valence-corrected chi connectivity index (χ2v) is 5.85. The number of benzene rings is 1. The molecule has 144 valence electrons. The molecule has 10 heteroatoms. The van der Waals surface area contributed by atoms with Crippen LogP contribution in [0.4, 0.5) is 13.2 Å². The summed E-state index contributed by atoms with van der Waals surface area (Å²) in [6.45, 7) is 0. The molecule has 0 amide bonds. The standard InChI is InChI=1S/C18H13F3N4O3/c19-18(20,21)27-12-3-1-11(2-4-12)16-9-17(25-28-16)26-13-5-6-14(22-10-13)15-7-8-23-24-15/h1-8,10,16H,9H2,(H,23,24)/t16-/m0/s1. The van der Waals surface area contributed by atoms with E-state index >= 15 is 0 Å². The van der Waals surface area contributed by atoms with Crippen molar-refractivity contribution in [2.75, 3.05) is 0 Å². The Kier molecular flexibility index (Phi) is 4.60. The molecule has 0 saturated heterocycles. The Bertz CT molecular complexity index is 955. The SMILES string of the molecule is FC(F)(F)Oc1ccc([C@@H]2CC(Oc3ccc(-c4ccn[nH]4)nc3)=NO2)cc1. The van der Waals surface area contributed by atoms with E-state index in [1.165, 1.54) is 24.3 Å². The number of hydrogen-bond donors (Lipinski definition) is 1. The van der Waals surface area contributed by atoms with Crippen molar-refractivity contribution in [2.24, 2.45) is 5.16 Å². The minimum atomic E-state index is -4.73. The van der Waals surface area contributed by atoms with Crippen molar-refractivity contribution in [3.63, 3.8) is 0 Å². The second kappa shape index (κ2) is 7.22. The summed E-state index contributed by atoms with van der Waals surface area (Å²) in [5, 5.41) is 10.6. The zero-order valence-corrected chi connectivity index (χ0v) is 14.2. The molecule has 0 radical (unpaired) electrons. The lowest BCUT2D eigenvalue weighted by Crippen LogP contribution is -2.17. The number of nitrogens with one attached hydrogen (secondary N) is 1. The van der Waals surface area contributed by atoms with Crippen LogP contribution in [0.1, 0.15) is 18.1 Å². The largest absolute Gasteiger partial charge is 0.573 e. The summed E-state index contributed by atoms with van der Waals surface area (Å²) >= 11 is 0. The van der Waals surface area contributed by atoms with E-state index in [-0.39, 0.29) is 5.75 Å². The van der Waals surface area contributed by atoms with Gasteiger partial charge in [0.05, 0.1) is 24.0 Å². The van der Waals surface area contributed by atoms with Crippen molar-refractivity contribution in [2.45, 2.75) is 18.9 Å². The molecular weight excluding hydrogens is 377 g/mol. The molecule has 1 aromatic carbocycles. The molecule has 0 fully saturated rings. The van der Waals surface area contributed by atoms with Crippen LogP contribution in [0, 0.1) is 0 Å². The van der Waals surface area contributed by atoms with E-state index in [1.54, 1.807) is 30.6 Å². The number of pyridine rings is 1. The Labute approximate surface area is 156 Å². The van der Waals surface area contributed by atoms with Crippen molar-refractivity contribution in [1.82, 2.24) is 15.2 Å². The zero-order chi connectivity index (χ0) is 19.6. The lowest BCUT2D eigenvalue weighted by molar-refractivity contribution is -0.274. The molecule has 2 aromatic heterocycles. The molecule has 0 saturated carbocycles. The smallest absolute Gasteiger partial charge is 0.438 e. The topological polar surface area (TPSA) is 81.6 Å². The Balaban J connectivity index is 1.35. The molecule has 1 atom stereocenters. The van der Waals surface area contributed by atoms with Gasteiger partial charge in [-0.25, -0.2) is 0 Å². The highest BCUT2D eigenvalue weighted by molar-refractivity contribution is 5.79. The monoisotopic (exact) mass is 390 g/mol. The van der Waals surface area contributed by atoms with Crippen LogP contribution in [0.5, 0.6) is 11.5 Å². The fourth-order valence-electron chi connectivity index (χ4n) is 2.61. The van der Waals surface area contributed by atoms with Gasteiger partial charge in [0.15, 0.2) is 6.10 Å². The Morgan fingerprint density at radius 2 is 1.82 bits per heavy atom. The van der Waals surface area contributed by atoms with E-state index in [4.69, 9.17) is 9.57 Å². The molecule has 4 rings (SSSR count). The zero-order valence-electron chi connectivity index (χ0n) is 14.2. The predicted molar refractivity (Wildman–Crippen MR) is 91.4 cm³/mol. The first-order valence-corrected chi connectivity index (χ1v) is 8.18. The highest BCUT2D eigenvalue weighted by atomic mass is 19.4. The van der Waals surface area contributed by atoms with Crippen LogP contribution < -0.4 is 9.47 Å². The molecule has 1 N–H and O–H groups in total. The fourth-order valence-corrected chi connectivity index (χ4v) is 2.61. The maximum Gasteiger partial charge on any atom is 0.573 e. The van der Waals surface area contributed by atoms with Gasteiger partial charge in [-0.2, -0.15) is 5.10 Å². The minimum Gasteiger partial charge on any atom is -0.438 e. The van der Waals surface area contributed by atoms with Crippen LogP contribution in [0.2, 0.25) is 0 Å². The fraction of sp³-hybridized carbons (Fsp3) is 0.167. The van der Waals surface area contributed by atoms with E-state index in [9.17, 15) is 13.2 Å². The lowest BCUT2D eigenvalue weighted by atomic mass is 10.1. The van der Waals surface area contributed by atoms with Gasteiger partial charge in [0.2, 0.25) is 5.90 Å². The number of rotatable bonds is 4. The molecule has 0 spiro atoms. The van der Waals surface area contributed by atoms with E-state index in [2.05, 4.69) is 25.1 Å². The number of nitrogens with zero attached hydrogens (tertiary/aromatic N) is 3. The molecule has 1 aliphatic rings. The van der Waals surface area contributed by atoms with Gasteiger partial charge in [0.25, 0.3) is 0 Å². The molecule has 3 heterocycles. The average Bonchev–Trinajstić information content (AvgIpc) is 3.34. The third kappa shape index (κ3) is 4.22. The Morgan fingerprint density at radius 3 is 2.46 bits per heavy atom. The number of hydrogen-bond acceptors (Lipinski definition) is 6. The number of H-pyrrole nitrogens is 1. The number of aromatic amines is 1. The van der Waals surface area contributed by atoms with Gasteiger partial charge in [-0.05, 0) is 35.9 Å². The maximum absolute atomic E-state index is 12.2. The summed E-state index contributed by atoms with van der Waals surface area (Å²) in [5.41, 5.74) is 2.16. The van der Waals surface area contributed by atoms with Crippen molar-refractivity contribution in [1.29, 1.82) is 0 Å². The molecule has 0 aliphatic carbocycles. The third-order valence-corrected chi connectivity index (χ3v) is 3.88. The number of halogens is 3. The van der Waals surface area contributed by atoms with E-state index in [0.29, 0.717) is 29.3 Å². The van der Waals surface area contributed by atoms with Crippen LogP contribution >= 0.6 is 0 Å². The summed E-state index contributed by atoms with van der Waals surface area (Å²) < 4.78 is 46.1. The molecule has 0 unspecified atom stereocenters. The van der Waals surface area contributed by atoms with Crippen molar-refractivity contribution in [3.05, 3.63) is 60.4 Å². The minimum absolute atomic E-state index is 0.296. The quantitative estimate of drug-likeness (QED) is 0.721. The van der Waals surface area contributed by atoms with Crippen LogP contribution in [-0.4, -0.2) is 27.4 Å². The Morgan fingerprint density at radius 1 is 1.04 bits per heavy atom. The average molecular weight is 390 g/mol. The van der Waals surface area contributed by atoms with Gasteiger partial charge >= 0.3 is 6.36 Å². The summed E-state index contributed by atoms with van der Waals surface area (Å²) in [7, 11) is 0. The molecule has 28 heavy (non-hydrogen) atoms. The van der Waals surface area contributed by atoms with Crippen molar-refractivity contribution in [3.8, 4) is 22.9 Å². The number of aromatic nitrogens is 3. The van der Waals surface area contributed by atoms with Gasteiger partial charge in [-0.3, -0.25) is 10.1 Å². The first kappa shape index (κ1) is 17.8. The molecule has 3 aromatic rings. The van der Waals surface area contributed by atoms with Crippen molar-refractivity contribution >= 4 is 5.90 Å². The lowest BCUT2D eigenvalue weighted by Gasteiger charge is -2.11. The van der Waals surface area contributed by atoms with Gasteiger partial charge in [-0.15, -0.1) is 13.2 Å². The summed E-state index contributed by atoms with van der Waals surface area (Å²) in [5.74, 6) is 0.534. The molecule has 7 nitrogen and oxygen atoms in total. The Hall–Kier alpha value is -3.56. The van der Waals surface area contributed by atoms with Crippen LogP contribution in [-0.2, 0) is 4.84 Å². The van der Waals surface area contributed by atoms with Crippen molar-refractivity contribution < 1.29 is 27.5 Å². The van der Waals surface area contributed by atoms with Crippen LogP contribution in [0.3, 0.4) is 0 Å². The molecule has 1 aliphatic heterocycles. The van der Waals surface area contributed by atoms with E-state index in [1.807, 2.05) is 0 Å². The third-order valence-electron chi connectivity index (χ3n) is 3.88. The summed E-state index contributed by atoms with van der Waals surface area (Å²) in [6, 6.07) is 10.7. The van der Waals surface area contributed by atoms with Crippen LogP contribution in [0.25, 0.3) is 11.4 Å². The van der Waals surface area contributed by atoms with E-state index < -0.39 is 12.5 Å². The van der Waals surface area contributed by atoms with Gasteiger partial charge in [0, 0.05) is 6.20 Å². The van der Waals surface area contributed by atoms with Crippen LogP contribution in [0.15, 0.2) is 60.0 Å². The highest BCUT2D eigenvalue weighted by Gasteiger charge is 2.31. The number of ether oxygens (including phenoxy) is 2. The number of alkyl halides is 3.